The number of hydrogen-bond acceptors (Lipinski definition) is 6. The van der Waals surface area contributed by atoms with Gasteiger partial charge < -0.3 is 4.90 Å². The van der Waals surface area contributed by atoms with Crippen molar-refractivity contribution < 1.29 is 13.2 Å². The number of nitrogens with one attached hydrogen (secondary N) is 2. The Kier molecular flexibility index (Phi) is 6.43. The number of benzene rings is 1. The minimum Gasteiger partial charge on any atom is -0.308 e. The van der Waals surface area contributed by atoms with Gasteiger partial charge in [-0.25, -0.2) is 22.6 Å². The third-order valence-electron chi connectivity index (χ3n) is 3.58. The van der Waals surface area contributed by atoms with Gasteiger partial charge in [0.05, 0.1) is 17.1 Å². The normalized spacial score (nSPS) is 11.3. The monoisotopic (exact) mass is 410 g/mol. The van der Waals surface area contributed by atoms with Crippen molar-refractivity contribution >= 4 is 33.5 Å². The molecule has 1 aromatic carbocycles. The van der Waals surface area contributed by atoms with Crippen LogP contribution in [-0.4, -0.2) is 49.8 Å². The zero-order valence-corrected chi connectivity index (χ0v) is 16.6. The first kappa shape index (κ1) is 20.7. The van der Waals surface area contributed by atoms with Crippen molar-refractivity contribution in [1.82, 2.24) is 19.4 Å². The lowest BCUT2D eigenvalue weighted by Gasteiger charge is -2.13. The van der Waals surface area contributed by atoms with Crippen LogP contribution in [-0.2, 0) is 16.6 Å². The van der Waals surface area contributed by atoms with E-state index >= 15 is 0 Å². The summed E-state index contributed by atoms with van der Waals surface area (Å²) in [6.07, 6.45) is 0. The van der Waals surface area contributed by atoms with E-state index in [1.165, 1.54) is 28.9 Å². The first-order valence-electron chi connectivity index (χ1n) is 7.85. The molecule has 0 saturated heterocycles. The number of carbonyl (C=O) groups excluding carboxylic acids is 1. The summed E-state index contributed by atoms with van der Waals surface area (Å²) in [7, 11) is -0.339. The van der Waals surface area contributed by atoms with Crippen LogP contribution in [0.15, 0.2) is 29.2 Å². The molecule has 2 rings (SSSR count). The van der Waals surface area contributed by atoms with Crippen molar-refractivity contribution in [2.24, 2.45) is 0 Å². The van der Waals surface area contributed by atoms with E-state index in [0.717, 1.165) is 0 Å². The summed E-state index contributed by atoms with van der Waals surface area (Å²) < 4.78 is 28.0. The topological polar surface area (TPSA) is 120 Å². The van der Waals surface area contributed by atoms with E-state index in [4.69, 9.17) is 11.6 Å². The van der Waals surface area contributed by atoms with Crippen molar-refractivity contribution in [2.75, 3.05) is 26.0 Å². The van der Waals surface area contributed by atoms with Gasteiger partial charge in [-0.3, -0.25) is 5.32 Å². The van der Waals surface area contributed by atoms with Crippen LogP contribution in [0.2, 0.25) is 5.02 Å². The van der Waals surface area contributed by atoms with Crippen LogP contribution >= 0.6 is 11.6 Å². The van der Waals surface area contributed by atoms with E-state index < -0.39 is 16.1 Å². The minimum atomic E-state index is -4.09. The highest BCUT2D eigenvalue weighted by Crippen LogP contribution is 2.19. The molecule has 1 aromatic heterocycles. The maximum absolute atomic E-state index is 12.3. The maximum Gasteiger partial charge on any atom is 0.334 e. The molecule has 27 heavy (non-hydrogen) atoms. The summed E-state index contributed by atoms with van der Waals surface area (Å²) in [5, 5.41) is 16.3. The second-order valence-electron chi connectivity index (χ2n) is 5.96. The van der Waals surface area contributed by atoms with Crippen LogP contribution in [0.1, 0.15) is 11.3 Å². The second-order valence-corrected chi connectivity index (χ2v) is 8.08. The fourth-order valence-corrected chi connectivity index (χ4v) is 3.26. The largest absolute Gasteiger partial charge is 0.334 e. The zero-order valence-electron chi connectivity index (χ0n) is 15.0. The highest BCUT2D eigenvalue weighted by atomic mass is 35.5. The van der Waals surface area contributed by atoms with Gasteiger partial charge in [0, 0.05) is 11.6 Å². The molecule has 11 heteroatoms. The van der Waals surface area contributed by atoms with Gasteiger partial charge in [-0.05, 0) is 45.3 Å². The molecular formula is C16H19ClN6O3S. The fraction of sp³-hybridized carbons (Fsp3) is 0.312. The number of aromatic nitrogens is 2. The second kappa shape index (κ2) is 8.39. The van der Waals surface area contributed by atoms with E-state index in [9.17, 15) is 18.5 Å². The van der Waals surface area contributed by atoms with Gasteiger partial charge in [0.2, 0.25) is 0 Å². The lowest BCUT2D eigenvalue weighted by Crippen LogP contribution is -2.35. The molecular weight excluding hydrogens is 392 g/mol. The Morgan fingerprint density at radius 3 is 2.52 bits per heavy atom. The molecule has 0 aliphatic rings. The molecule has 0 spiro atoms. The fourth-order valence-electron chi connectivity index (χ4n) is 2.23. The first-order valence-corrected chi connectivity index (χ1v) is 9.71. The summed E-state index contributed by atoms with van der Waals surface area (Å²) in [5.74, 6) is 0.139. The Morgan fingerprint density at radius 1 is 1.33 bits per heavy atom. The summed E-state index contributed by atoms with van der Waals surface area (Å²) in [4.78, 5) is 14.1. The number of hydrogen-bond donors (Lipinski definition) is 2. The minimum absolute atomic E-state index is 0.111. The van der Waals surface area contributed by atoms with Gasteiger partial charge >= 0.3 is 6.03 Å². The van der Waals surface area contributed by atoms with Crippen molar-refractivity contribution in [2.45, 2.75) is 18.4 Å². The smallest absolute Gasteiger partial charge is 0.308 e. The molecule has 0 fully saturated rings. The van der Waals surface area contributed by atoms with E-state index in [-0.39, 0.29) is 16.3 Å². The number of rotatable bonds is 6. The molecule has 2 aromatic rings. The Labute approximate surface area is 162 Å². The molecule has 0 radical (unpaired) electrons. The van der Waals surface area contributed by atoms with E-state index in [1.807, 2.05) is 29.8 Å². The van der Waals surface area contributed by atoms with Gasteiger partial charge in [-0.1, -0.05) is 11.6 Å². The zero-order chi connectivity index (χ0) is 20.2. The number of carbonyl (C=O) groups is 1. The van der Waals surface area contributed by atoms with Crippen molar-refractivity contribution in [1.29, 1.82) is 5.26 Å². The number of sulfonamides is 1. The molecule has 0 unspecified atom stereocenters. The van der Waals surface area contributed by atoms with E-state index in [0.29, 0.717) is 23.8 Å². The Balaban J connectivity index is 2.22. The van der Waals surface area contributed by atoms with Gasteiger partial charge in [0.25, 0.3) is 10.0 Å². The van der Waals surface area contributed by atoms with E-state index in [2.05, 4.69) is 10.4 Å². The van der Waals surface area contributed by atoms with Crippen LogP contribution in [0, 0.1) is 18.3 Å². The maximum atomic E-state index is 12.3. The third kappa shape index (κ3) is 5.19. The predicted octanol–water partition coefficient (Wildman–Crippen LogP) is 1.79. The standard InChI is InChI=1S/C16H19ClN6O3S/c1-11-14(10-18)15(23(20-11)9-8-22(2)3)19-16(24)21-27(25,26)13-6-4-12(17)5-7-13/h4-7H,8-9H2,1-3H3,(H2,19,21,24). The molecule has 0 saturated carbocycles. The third-order valence-corrected chi connectivity index (χ3v) is 5.18. The van der Waals surface area contributed by atoms with Gasteiger partial charge in [-0.2, -0.15) is 10.4 Å². The molecule has 0 bridgehead atoms. The van der Waals surface area contributed by atoms with E-state index in [1.54, 1.807) is 6.92 Å². The quantitative estimate of drug-likeness (QED) is 0.749. The highest BCUT2D eigenvalue weighted by molar-refractivity contribution is 7.90. The lowest BCUT2D eigenvalue weighted by atomic mass is 10.2. The molecule has 0 aliphatic heterocycles. The number of aryl methyl sites for hydroxylation is 1. The SMILES string of the molecule is Cc1nn(CCN(C)C)c(NC(=O)NS(=O)(=O)c2ccc(Cl)cc2)c1C#N. The molecule has 2 N–H and O–H groups in total. The molecule has 144 valence electrons. The number of halogens is 1. The predicted molar refractivity (Wildman–Crippen MR) is 101 cm³/mol. The molecule has 9 nitrogen and oxygen atoms in total. The van der Waals surface area contributed by atoms with Crippen LogP contribution in [0.3, 0.4) is 0 Å². The van der Waals surface area contributed by atoms with Crippen molar-refractivity contribution in [3.8, 4) is 6.07 Å². The lowest BCUT2D eigenvalue weighted by molar-refractivity contribution is 0.256. The van der Waals surface area contributed by atoms with Crippen LogP contribution in [0.5, 0.6) is 0 Å². The Bertz CT molecular complexity index is 977. The number of nitriles is 1. The number of anilines is 1. The average Bonchev–Trinajstić information content (AvgIpc) is 2.87. The van der Waals surface area contributed by atoms with Crippen molar-refractivity contribution in [3.63, 3.8) is 0 Å². The number of amides is 2. The van der Waals surface area contributed by atoms with Gasteiger partial charge in [0.1, 0.15) is 11.6 Å². The summed E-state index contributed by atoms with van der Waals surface area (Å²) in [5.41, 5.74) is 0.611. The van der Waals surface area contributed by atoms with Crippen LogP contribution in [0.25, 0.3) is 0 Å². The van der Waals surface area contributed by atoms with Gasteiger partial charge in [-0.15, -0.1) is 0 Å². The number of nitrogens with zero attached hydrogens (tertiary/aromatic N) is 4. The molecule has 1 heterocycles. The number of likely N-dealkylation sites (N-methyl/N-ethyl adjacent to an activating group) is 1. The Morgan fingerprint density at radius 2 is 1.96 bits per heavy atom. The molecule has 0 aliphatic carbocycles. The summed E-state index contributed by atoms with van der Waals surface area (Å²) in [6.45, 7) is 2.67. The van der Waals surface area contributed by atoms with Crippen LogP contribution in [0.4, 0.5) is 10.6 Å². The number of urea groups is 1. The molecule has 2 amide bonds. The molecule has 0 atom stereocenters. The highest BCUT2D eigenvalue weighted by Gasteiger charge is 2.21. The Hall–Kier alpha value is -2.61. The summed E-state index contributed by atoms with van der Waals surface area (Å²) in [6, 6.07) is 6.35. The first-order chi connectivity index (χ1) is 12.6. The van der Waals surface area contributed by atoms with Gasteiger partial charge in [0.15, 0.2) is 5.82 Å². The van der Waals surface area contributed by atoms with Crippen LogP contribution < -0.4 is 10.0 Å². The average molecular weight is 411 g/mol. The summed E-state index contributed by atoms with van der Waals surface area (Å²) >= 11 is 5.74. The van der Waals surface area contributed by atoms with Crippen molar-refractivity contribution in [3.05, 3.63) is 40.5 Å².